The van der Waals surface area contributed by atoms with Gasteiger partial charge in [-0.25, -0.2) is 4.98 Å². The minimum absolute atomic E-state index is 0.191. The van der Waals surface area contributed by atoms with Crippen molar-refractivity contribution < 1.29 is 13.9 Å². The Hall–Kier alpha value is -2.39. The highest BCUT2D eigenvalue weighted by Crippen LogP contribution is 2.32. The summed E-state index contributed by atoms with van der Waals surface area (Å²) in [7, 11) is 0. The van der Waals surface area contributed by atoms with Gasteiger partial charge < -0.3 is 14.5 Å². The molecule has 3 aromatic carbocycles. The minimum Gasteiger partial charge on any atom is -0.494 e. The molecule has 0 bridgehead atoms. The summed E-state index contributed by atoms with van der Waals surface area (Å²) in [4.78, 5) is 17.2. The second-order valence-electron chi connectivity index (χ2n) is 7.01. The Bertz CT molecular complexity index is 1220. The quantitative estimate of drug-likeness (QED) is 0.181. The number of nitrogens with zero attached hydrogens (tertiary/aromatic N) is 1. The molecule has 1 N–H and O–H groups in total. The highest BCUT2D eigenvalue weighted by Gasteiger charge is 2.13. The lowest BCUT2D eigenvalue weighted by atomic mass is 10.2. The molecule has 0 saturated heterocycles. The van der Waals surface area contributed by atoms with Crippen LogP contribution in [0.2, 0.25) is 0 Å². The molecule has 4 aromatic rings. The largest absolute Gasteiger partial charge is 0.494 e. The highest BCUT2D eigenvalue weighted by atomic mass is 127. The summed E-state index contributed by atoms with van der Waals surface area (Å²) in [5, 5.41) is 2.92. The summed E-state index contributed by atoms with van der Waals surface area (Å²) in [6.45, 7) is 2.80. The monoisotopic (exact) mass is 590 g/mol. The third-order valence-corrected chi connectivity index (χ3v) is 6.05. The summed E-state index contributed by atoms with van der Waals surface area (Å²) >= 11 is 5.81. The summed E-state index contributed by atoms with van der Waals surface area (Å²) in [6.07, 6.45) is 2.09. The van der Waals surface area contributed by atoms with E-state index in [0.717, 1.165) is 32.2 Å². The first kappa shape index (κ1) is 21.8. The smallest absolute Gasteiger partial charge is 0.255 e. The first-order chi connectivity index (χ1) is 15.0. The van der Waals surface area contributed by atoms with Crippen LogP contribution in [0.5, 0.6) is 5.75 Å². The van der Waals surface area contributed by atoms with Gasteiger partial charge in [-0.3, -0.25) is 4.79 Å². The van der Waals surface area contributed by atoms with Crippen LogP contribution in [0.4, 0.5) is 5.69 Å². The van der Waals surface area contributed by atoms with Crippen LogP contribution in [0.15, 0.2) is 69.6 Å². The molecule has 0 aliphatic carbocycles. The predicted octanol–water partition coefficient (Wildman–Crippen LogP) is 7.29. The summed E-state index contributed by atoms with van der Waals surface area (Å²) < 4.78 is 13.6. The molecule has 0 aliphatic heterocycles. The Balaban J connectivity index is 1.50. The maximum absolute atomic E-state index is 12.6. The van der Waals surface area contributed by atoms with Crippen molar-refractivity contribution in [2.24, 2.45) is 0 Å². The Labute approximate surface area is 202 Å². The zero-order valence-corrected chi connectivity index (χ0v) is 20.6. The van der Waals surface area contributed by atoms with Crippen molar-refractivity contribution in [2.45, 2.75) is 19.8 Å². The predicted molar refractivity (Wildman–Crippen MR) is 135 cm³/mol. The summed E-state index contributed by atoms with van der Waals surface area (Å²) in [5.74, 6) is 1.11. The Morgan fingerprint density at radius 1 is 1.13 bits per heavy atom. The van der Waals surface area contributed by atoms with E-state index in [-0.39, 0.29) is 5.91 Å². The number of carbonyl (C=O) groups excluding carboxylic acids is 1. The van der Waals surface area contributed by atoms with E-state index in [4.69, 9.17) is 9.15 Å². The Morgan fingerprint density at radius 3 is 2.71 bits per heavy atom. The number of halogens is 2. The lowest BCUT2D eigenvalue weighted by Gasteiger charge is -2.07. The fourth-order valence-corrected chi connectivity index (χ4v) is 3.93. The van der Waals surface area contributed by atoms with Gasteiger partial charge >= 0.3 is 0 Å². The fourth-order valence-electron chi connectivity index (χ4n) is 3.02. The van der Waals surface area contributed by atoms with Crippen LogP contribution in [0, 0.1) is 3.57 Å². The molecule has 0 unspecified atom stereocenters. The van der Waals surface area contributed by atoms with Crippen molar-refractivity contribution in [2.75, 3.05) is 11.9 Å². The van der Waals surface area contributed by atoms with Crippen molar-refractivity contribution in [1.82, 2.24) is 4.98 Å². The number of benzene rings is 3. The number of unbranched alkanes of at least 4 members (excludes halogenated alkanes) is 1. The molecule has 1 heterocycles. The van der Waals surface area contributed by atoms with E-state index in [1.54, 1.807) is 18.2 Å². The topological polar surface area (TPSA) is 64.4 Å². The van der Waals surface area contributed by atoms with Crippen LogP contribution in [-0.2, 0) is 0 Å². The van der Waals surface area contributed by atoms with E-state index in [0.29, 0.717) is 34.8 Å². The molecule has 0 spiro atoms. The van der Waals surface area contributed by atoms with E-state index in [1.807, 2.05) is 42.5 Å². The first-order valence-corrected chi connectivity index (χ1v) is 11.8. The van der Waals surface area contributed by atoms with E-state index in [2.05, 4.69) is 55.7 Å². The molecule has 0 radical (unpaired) electrons. The molecule has 5 nitrogen and oxygen atoms in total. The highest BCUT2D eigenvalue weighted by molar-refractivity contribution is 14.1. The van der Waals surface area contributed by atoms with Gasteiger partial charge in [-0.15, -0.1) is 0 Å². The SMILES string of the molecule is CCCCOc1ccc(C(=O)Nc2ccc3oc(-c4cc(I)ccc4Br)nc3c2)cc1. The maximum Gasteiger partial charge on any atom is 0.255 e. The molecule has 0 aliphatic rings. The maximum atomic E-state index is 12.6. The van der Waals surface area contributed by atoms with Gasteiger partial charge in [-0.05, 0) is 106 Å². The Kier molecular flexibility index (Phi) is 6.92. The molecule has 1 aromatic heterocycles. The molecular weight excluding hydrogens is 571 g/mol. The number of oxazole rings is 1. The molecule has 31 heavy (non-hydrogen) atoms. The van der Waals surface area contributed by atoms with Crippen molar-refractivity contribution in [1.29, 1.82) is 0 Å². The van der Waals surface area contributed by atoms with E-state index < -0.39 is 0 Å². The molecule has 158 valence electrons. The van der Waals surface area contributed by atoms with Crippen LogP contribution < -0.4 is 10.1 Å². The van der Waals surface area contributed by atoms with Crippen molar-refractivity contribution >= 4 is 61.2 Å². The molecule has 4 rings (SSSR count). The number of rotatable bonds is 7. The summed E-state index contributed by atoms with van der Waals surface area (Å²) in [5.41, 5.74) is 3.44. The average Bonchev–Trinajstić information content (AvgIpc) is 3.19. The molecule has 7 heteroatoms. The standard InChI is InChI=1S/C24H20BrIN2O3/c1-2-3-12-30-18-8-4-15(5-9-18)23(29)27-17-7-11-22-21(14-17)28-24(31-22)19-13-16(26)6-10-20(19)25/h4-11,13-14H,2-3,12H2,1H3,(H,27,29). The number of ether oxygens (including phenoxy) is 1. The molecule has 1 amide bonds. The van der Waals surface area contributed by atoms with Crippen LogP contribution in [-0.4, -0.2) is 17.5 Å². The van der Waals surface area contributed by atoms with Crippen molar-refractivity contribution in [3.63, 3.8) is 0 Å². The second kappa shape index (κ2) is 9.82. The van der Waals surface area contributed by atoms with Gasteiger partial charge in [0.15, 0.2) is 5.58 Å². The number of amides is 1. The van der Waals surface area contributed by atoms with Crippen LogP contribution in [0.25, 0.3) is 22.6 Å². The minimum atomic E-state index is -0.191. The van der Waals surface area contributed by atoms with E-state index in [1.165, 1.54) is 0 Å². The molecule has 0 atom stereocenters. The van der Waals surface area contributed by atoms with Gasteiger partial charge in [0.05, 0.1) is 12.2 Å². The molecular formula is C24H20BrIN2O3. The van der Waals surface area contributed by atoms with Gasteiger partial charge in [0.25, 0.3) is 5.91 Å². The molecule has 0 saturated carbocycles. The number of hydrogen-bond donors (Lipinski definition) is 1. The lowest BCUT2D eigenvalue weighted by Crippen LogP contribution is -2.11. The number of nitrogens with one attached hydrogen (secondary N) is 1. The number of hydrogen-bond acceptors (Lipinski definition) is 4. The fraction of sp³-hybridized carbons (Fsp3) is 0.167. The van der Waals surface area contributed by atoms with Gasteiger partial charge in [-0.2, -0.15) is 0 Å². The summed E-state index contributed by atoms with van der Waals surface area (Å²) in [6, 6.07) is 18.6. The van der Waals surface area contributed by atoms with Gasteiger partial charge in [0.1, 0.15) is 11.3 Å². The zero-order chi connectivity index (χ0) is 21.8. The van der Waals surface area contributed by atoms with Crippen molar-refractivity contribution in [3.05, 3.63) is 74.3 Å². The van der Waals surface area contributed by atoms with Gasteiger partial charge in [-0.1, -0.05) is 13.3 Å². The lowest BCUT2D eigenvalue weighted by molar-refractivity contribution is 0.102. The number of aromatic nitrogens is 1. The van der Waals surface area contributed by atoms with Crippen LogP contribution >= 0.6 is 38.5 Å². The van der Waals surface area contributed by atoms with E-state index in [9.17, 15) is 4.79 Å². The normalized spacial score (nSPS) is 10.9. The van der Waals surface area contributed by atoms with Gasteiger partial charge in [0.2, 0.25) is 5.89 Å². The third kappa shape index (κ3) is 5.27. The molecule has 0 fully saturated rings. The van der Waals surface area contributed by atoms with E-state index >= 15 is 0 Å². The Morgan fingerprint density at radius 2 is 1.94 bits per heavy atom. The number of fused-ring (bicyclic) bond motifs is 1. The zero-order valence-electron chi connectivity index (χ0n) is 16.8. The van der Waals surface area contributed by atoms with Crippen LogP contribution in [0.3, 0.4) is 0 Å². The average molecular weight is 591 g/mol. The van der Waals surface area contributed by atoms with Crippen LogP contribution in [0.1, 0.15) is 30.1 Å². The number of carbonyl (C=O) groups is 1. The first-order valence-electron chi connectivity index (χ1n) is 9.93. The van der Waals surface area contributed by atoms with Gasteiger partial charge in [0, 0.05) is 19.3 Å². The third-order valence-electron chi connectivity index (χ3n) is 4.69. The number of anilines is 1. The second-order valence-corrected chi connectivity index (χ2v) is 9.11. The van der Waals surface area contributed by atoms with Crippen molar-refractivity contribution in [3.8, 4) is 17.2 Å².